The van der Waals surface area contributed by atoms with E-state index in [1.165, 1.54) is 0 Å². The summed E-state index contributed by atoms with van der Waals surface area (Å²) in [7, 11) is 1.64. The van der Waals surface area contributed by atoms with Gasteiger partial charge in [-0.1, -0.05) is 5.11 Å². The Balaban J connectivity index is 2.21. The average molecular weight is 194 g/mol. The summed E-state index contributed by atoms with van der Waals surface area (Å²) in [6.07, 6.45) is 3.28. The number of azide groups is 1. The Kier molecular flexibility index (Phi) is 2.33. The van der Waals surface area contributed by atoms with E-state index in [2.05, 4.69) is 15.3 Å². The zero-order valence-electron chi connectivity index (χ0n) is 8.18. The van der Waals surface area contributed by atoms with Crippen molar-refractivity contribution in [2.45, 2.75) is 25.3 Å². The number of carbonyl (C=O) groups excluding carboxylic acids is 1. The zero-order chi connectivity index (χ0) is 10.1. The lowest BCUT2D eigenvalue weighted by molar-refractivity contribution is -0.126. The lowest BCUT2D eigenvalue weighted by Crippen LogP contribution is -2.38. The van der Waals surface area contributed by atoms with Crippen LogP contribution in [0.5, 0.6) is 0 Å². The van der Waals surface area contributed by atoms with Crippen LogP contribution in [-0.2, 0) is 4.79 Å². The van der Waals surface area contributed by atoms with Gasteiger partial charge in [-0.15, -0.1) is 0 Å². The average Bonchev–Trinajstić information content (AvgIpc) is 2.77. The van der Waals surface area contributed by atoms with Crippen molar-refractivity contribution in [3.05, 3.63) is 10.4 Å². The molecule has 2 aliphatic carbocycles. The molecule has 0 heterocycles. The summed E-state index contributed by atoms with van der Waals surface area (Å²) in [6.45, 7) is 0. The maximum absolute atomic E-state index is 11.6. The molecule has 2 aliphatic rings. The number of carbonyl (C=O) groups is 1. The molecule has 76 valence electrons. The highest BCUT2D eigenvalue weighted by atomic mass is 16.1. The third-order valence-corrected chi connectivity index (χ3v) is 3.61. The van der Waals surface area contributed by atoms with Gasteiger partial charge in [0.25, 0.3) is 0 Å². The molecule has 0 aromatic heterocycles. The van der Waals surface area contributed by atoms with Crippen molar-refractivity contribution in [3.63, 3.8) is 0 Å². The fourth-order valence-corrected chi connectivity index (χ4v) is 3.02. The van der Waals surface area contributed by atoms with Gasteiger partial charge in [0.15, 0.2) is 0 Å². The van der Waals surface area contributed by atoms with E-state index in [1.54, 1.807) is 7.05 Å². The SMILES string of the molecule is CNC(=O)[C@@H]1[C@@H]2CC[C@@H](C2)[C@H]1N=[N+]=[N-]. The summed E-state index contributed by atoms with van der Waals surface area (Å²) in [5.74, 6) is 0.845. The number of fused-ring (bicyclic) bond motifs is 2. The quantitative estimate of drug-likeness (QED) is 0.403. The van der Waals surface area contributed by atoms with Crippen molar-refractivity contribution in [2.75, 3.05) is 7.05 Å². The van der Waals surface area contributed by atoms with Crippen LogP contribution in [0.1, 0.15) is 19.3 Å². The van der Waals surface area contributed by atoms with Crippen molar-refractivity contribution >= 4 is 5.91 Å². The number of nitrogens with one attached hydrogen (secondary N) is 1. The van der Waals surface area contributed by atoms with E-state index in [0.717, 1.165) is 19.3 Å². The normalized spacial score (nSPS) is 39.2. The third kappa shape index (κ3) is 1.24. The first-order valence-corrected chi connectivity index (χ1v) is 5.03. The second-order valence-electron chi connectivity index (χ2n) is 4.17. The lowest BCUT2D eigenvalue weighted by Gasteiger charge is -2.25. The van der Waals surface area contributed by atoms with E-state index in [0.29, 0.717) is 11.8 Å². The molecule has 0 radical (unpaired) electrons. The van der Waals surface area contributed by atoms with E-state index in [-0.39, 0.29) is 17.9 Å². The van der Waals surface area contributed by atoms with Gasteiger partial charge in [-0.05, 0) is 36.6 Å². The summed E-state index contributed by atoms with van der Waals surface area (Å²) in [5.41, 5.74) is 8.45. The first-order valence-electron chi connectivity index (χ1n) is 5.03. The fraction of sp³-hybridized carbons (Fsp3) is 0.889. The molecule has 0 unspecified atom stereocenters. The van der Waals surface area contributed by atoms with Gasteiger partial charge in [0, 0.05) is 17.9 Å². The molecule has 0 aromatic rings. The summed E-state index contributed by atoms with van der Waals surface area (Å²) < 4.78 is 0. The van der Waals surface area contributed by atoms with Gasteiger partial charge >= 0.3 is 0 Å². The van der Waals surface area contributed by atoms with Crippen molar-refractivity contribution in [1.82, 2.24) is 5.32 Å². The highest BCUT2D eigenvalue weighted by Crippen LogP contribution is 2.50. The van der Waals surface area contributed by atoms with Crippen LogP contribution in [0, 0.1) is 17.8 Å². The Morgan fingerprint density at radius 1 is 1.50 bits per heavy atom. The van der Waals surface area contributed by atoms with Crippen molar-refractivity contribution in [2.24, 2.45) is 22.9 Å². The predicted molar refractivity (Wildman–Crippen MR) is 51.3 cm³/mol. The maximum Gasteiger partial charge on any atom is 0.223 e. The number of rotatable bonds is 2. The van der Waals surface area contributed by atoms with Gasteiger partial charge in [0.1, 0.15) is 0 Å². The van der Waals surface area contributed by atoms with Gasteiger partial charge in [0.2, 0.25) is 5.91 Å². The van der Waals surface area contributed by atoms with E-state index in [4.69, 9.17) is 5.53 Å². The van der Waals surface area contributed by atoms with Gasteiger partial charge in [-0.3, -0.25) is 4.79 Å². The van der Waals surface area contributed by atoms with Crippen LogP contribution in [0.2, 0.25) is 0 Å². The fourth-order valence-electron chi connectivity index (χ4n) is 3.02. The standard InChI is InChI=1S/C9H14N4O/c1-11-9(14)7-5-2-3-6(4-5)8(7)12-13-10/h5-8H,2-4H2,1H3,(H,11,14)/t5-,6+,7-,8-/m1/s1. The molecule has 2 bridgehead atoms. The van der Waals surface area contributed by atoms with E-state index in [1.807, 2.05) is 0 Å². The van der Waals surface area contributed by atoms with Crippen LogP contribution in [0.15, 0.2) is 5.11 Å². The van der Waals surface area contributed by atoms with Gasteiger partial charge in [-0.25, -0.2) is 0 Å². The summed E-state index contributed by atoms with van der Waals surface area (Å²) in [5, 5.41) is 6.43. The Morgan fingerprint density at radius 2 is 2.21 bits per heavy atom. The van der Waals surface area contributed by atoms with Crippen LogP contribution in [0.3, 0.4) is 0 Å². The third-order valence-electron chi connectivity index (χ3n) is 3.61. The molecule has 5 heteroatoms. The van der Waals surface area contributed by atoms with Crippen LogP contribution >= 0.6 is 0 Å². The van der Waals surface area contributed by atoms with Crippen LogP contribution in [-0.4, -0.2) is 19.0 Å². The molecule has 5 nitrogen and oxygen atoms in total. The second-order valence-corrected chi connectivity index (χ2v) is 4.17. The topological polar surface area (TPSA) is 77.9 Å². The summed E-state index contributed by atoms with van der Waals surface area (Å²) >= 11 is 0. The molecule has 14 heavy (non-hydrogen) atoms. The molecule has 1 N–H and O–H groups in total. The second kappa shape index (κ2) is 3.50. The molecule has 4 atom stereocenters. The Bertz CT molecular complexity index is 297. The molecule has 2 fully saturated rings. The van der Waals surface area contributed by atoms with Crippen LogP contribution < -0.4 is 5.32 Å². The minimum absolute atomic E-state index is 0.0367. The predicted octanol–water partition coefficient (Wildman–Crippen LogP) is 1.46. The van der Waals surface area contributed by atoms with Crippen molar-refractivity contribution in [1.29, 1.82) is 0 Å². The first-order chi connectivity index (χ1) is 6.77. The Labute approximate surface area is 82.5 Å². The molecular formula is C9H14N4O. The molecule has 1 amide bonds. The molecule has 0 saturated heterocycles. The number of hydrogen-bond donors (Lipinski definition) is 1. The highest BCUT2D eigenvalue weighted by Gasteiger charge is 2.50. The van der Waals surface area contributed by atoms with Crippen LogP contribution in [0.4, 0.5) is 0 Å². The highest BCUT2D eigenvalue weighted by molar-refractivity contribution is 5.80. The summed E-state index contributed by atoms with van der Waals surface area (Å²) in [6, 6.07) is -0.0984. The summed E-state index contributed by atoms with van der Waals surface area (Å²) in [4.78, 5) is 14.4. The van der Waals surface area contributed by atoms with E-state index >= 15 is 0 Å². The molecular weight excluding hydrogens is 180 g/mol. The Hall–Kier alpha value is -1.22. The minimum atomic E-state index is -0.0984. The number of hydrogen-bond acceptors (Lipinski definition) is 2. The molecule has 0 aromatic carbocycles. The molecule has 2 saturated carbocycles. The zero-order valence-corrected chi connectivity index (χ0v) is 8.18. The van der Waals surface area contributed by atoms with Gasteiger partial charge in [-0.2, -0.15) is 0 Å². The van der Waals surface area contributed by atoms with Gasteiger partial charge in [0.05, 0.1) is 6.04 Å². The largest absolute Gasteiger partial charge is 0.359 e. The number of nitrogens with zero attached hydrogens (tertiary/aromatic N) is 3. The monoisotopic (exact) mass is 194 g/mol. The molecule has 2 rings (SSSR count). The minimum Gasteiger partial charge on any atom is -0.359 e. The first kappa shape index (κ1) is 9.34. The maximum atomic E-state index is 11.6. The van der Waals surface area contributed by atoms with Crippen molar-refractivity contribution in [3.8, 4) is 0 Å². The molecule has 0 aliphatic heterocycles. The van der Waals surface area contributed by atoms with Crippen LogP contribution in [0.25, 0.3) is 10.4 Å². The van der Waals surface area contributed by atoms with E-state index in [9.17, 15) is 4.79 Å². The number of amides is 1. The van der Waals surface area contributed by atoms with E-state index < -0.39 is 0 Å². The van der Waals surface area contributed by atoms with Crippen molar-refractivity contribution < 1.29 is 4.79 Å². The molecule has 0 spiro atoms. The van der Waals surface area contributed by atoms with Gasteiger partial charge < -0.3 is 5.32 Å². The lowest BCUT2D eigenvalue weighted by atomic mass is 9.84. The Morgan fingerprint density at radius 3 is 2.86 bits per heavy atom. The smallest absolute Gasteiger partial charge is 0.223 e.